The summed E-state index contributed by atoms with van der Waals surface area (Å²) in [4.78, 5) is 61.9. The van der Waals surface area contributed by atoms with Gasteiger partial charge in [0.1, 0.15) is 12.6 Å². The van der Waals surface area contributed by atoms with Gasteiger partial charge in [-0.05, 0) is 25.5 Å². The summed E-state index contributed by atoms with van der Waals surface area (Å²) >= 11 is 0. The molecule has 1 aromatic rings. The van der Waals surface area contributed by atoms with Crippen molar-refractivity contribution in [3.05, 3.63) is 35.4 Å². The second-order valence-electron chi connectivity index (χ2n) is 5.93. The lowest BCUT2D eigenvalue weighted by Gasteiger charge is -2.30. The van der Waals surface area contributed by atoms with Crippen LogP contribution in [0, 0.1) is 0 Å². The Bertz CT molecular complexity index is 773. The van der Waals surface area contributed by atoms with E-state index in [0.29, 0.717) is 0 Å². The van der Waals surface area contributed by atoms with Gasteiger partial charge in [-0.25, -0.2) is 5.43 Å². The van der Waals surface area contributed by atoms with Crippen molar-refractivity contribution in [3.8, 4) is 0 Å². The first-order valence-electron chi connectivity index (χ1n) is 8.64. The van der Waals surface area contributed by atoms with Crippen LogP contribution in [0.2, 0.25) is 0 Å². The molecular weight excluding hydrogens is 370 g/mol. The number of nitrogens with one attached hydrogen (secondary N) is 1. The highest BCUT2D eigenvalue weighted by molar-refractivity contribution is 6.22. The molecule has 2 N–H and O–H groups in total. The van der Waals surface area contributed by atoms with Gasteiger partial charge in [-0.2, -0.15) is 0 Å². The number of nitrogens with zero attached hydrogens (tertiary/aromatic N) is 2. The number of aliphatic carboxylic acids is 1. The Morgan fingerprint density at radius 2 is 1.75 bits per heavy atom. The largest absolute Gasteiger partial charge is 0.481 e. The quantitative estimate of drug-likeness (QED) is 0.342. The van der Waals surface area contributed by atoms with E-state index in [2.05, 4.69) is 5.43 Å². The van der Waals surface area contributed by atoms with Crippen LogP contribution in [0.5, 0.6) is 0 Å². The minimum Gasteiger partial charge on any atom is -0.481 e. The van der Waals surface area contributed by atoms with Gasteiger partial charge in [0, 0.05) is 13.5 Å². The molecule has 0 saturated heterocycles. The Labute approximate surface area is 161 Å². The fourth-order valence-electron chi connectivity index (χ4n) is 2.90. The Morgan fingerprint density at radius 1 is 1.18 bits per heavy atom. The number of esters is 1. The molecule has 10 nitrogen and oxygen atoms in total. The summed E-state index contributed by atoms with van der Waals surface area (Å²) in [6.45, 7) is 1.26. The minimum absolute atomic E-state index is 0.116. The molecule has 1 heterocycles. The van der Waals surface area contributed by atoms with Gasteiger partial charge < -0.3 is 9.84 Å². The van der Waals surface area contributed by atoms with Crippen LogP contribution < -0.4 is 5.43 Å². The maximum atomic E-state index is 13.0. The summed E-state index contributed by atoms with van der Waals surface area (Å²) in [5, 5.41) is 9.90. The highest BCUT2D eigenvalue weighted by Gasteiger charge is 2.44. The molecule has 0 radical (unpaired) electrons. The zero-order chi connectivity index (χ0) is 20.8. The Hall–Kier alpha value is -3.27. The first kappa shape index (κ1) is 21.0. The van der Waals surface area contributed by atoms with Gasteiger partial charge in [-0.15, -0.1) is 0 Å². The summed E-state index contributed by atoms with van der Waals surface area (Å²) in [7, 11) is 1.38. The van der Waals surface area contributed by atoms with Crippen molar-refractivity contribution in [1.82, 2.24) is 15.3 Å². The van der Waals surface area contributed by atoms with Crippen molar-refractivity contribution in [3.63, 3.8) is 0 Å². The second-order valence-corrected chi connectivity index (χ2v) is 5.93. The number of rotatable bonds is 9. The first-order chi connectivity index (χ1) is 13.3. The molecule has 0 aromatic heterocycles. The van der Waals surface area contributed by atoms with Crippen LogP contribution in [-0.2, 0) is 19.1 Å². The number of benzene rings is 1. The van der Waals surface area contributed by atoms with E-state index in [1.165, 1.54) is 19.2 Å². The SMILES string of the molecule is CCOC(=O)CN(NC)C(=O)C(CCC(=O)O)N1C(=O)c2ccccc2C1=O. The van der Waals surface area contributed by atoms with Gasteiger partial charge in [0.25, 0.3) is 17.7 Å². The summed E-state index contributed by atoms with van der Waals surface area (Å²) in [6.07, 6.45) is -0.735. The summed E-state index contributed by atoms with van der Waals surface area (Å²) in [5.41, 5.74) is 2.80. The number of hydrogen-bond donors (Lipinski definition) is 2. The fourth-order valence-corrected chi connectivity index (χ4v) is 2.90. The standard InChI is InChI=1S/C18H21N3O7/c1-3-28-15(24)10-20(19-2)18(27)13(8-9-14(22)23)21-16(25)11-6-4-5-7-12(11)17(21)26/h4-7,13,19H,3,8-10H2,1-2H3,(H,22,23). The van der Waals surface area contributed by atoms with Crippen molar-refractivity contribution >= 4 is 29.7 Å². The molecule has 28 heavy (non-hydrogen) atoms. The number of fused-ring (bicyclic) bond motifs is 1. The van der Waals surface area contributed by atoms with Gasteiger partial charge in [-0.3, -0.25) is 33.9 Å². The molecule has 0 aliphatic carbocycles. The number of carboxylic acids is 1. The third-order valence-electron chi connectivity index (χ3n) is 4.18. The molecule has 2 rings (SSSR count). The molecule has 1 atom stereocenters. The van der Waals surface area contributed by atoms with E-state index in [9.17, 15) is 24.0 Å². The number of carbonyl (C=O) groups excluding carboxylic acids is 4. The van der Waals surface area contributed by atoms with Gasteiger partial charge >= 0.3 is 11.9 Å². The minimum atomic E-state index is -1.38. The number of hydrogen-bond acceptors (Lipinski definition) is 7. The predicted molar refractivity (Wildman–Crippen MR) is 95.0 cm³/mol. The zero-order valence-corrected chi connectivity index (χ0v) is 15.5. The smallest absolute Gasteiger partial charge is 0.327 e. The Kier molecular flexibility index (Phi) is 6.83. The zero-order valence-electron chi connectivity index (χ0n) is 15.5. The second kappa shape index (κ2) is 9.09. The Morgan fingerprint density at radius 3 is 2.21 bits per heavy atom. The molecule has 0 fully saturated rings. The van der Waals surface area contributed by atoms with Crippen LogP contribution in [0.25, 0.3) is 0 Å². The topological polar surface area (TPSA) is 133 Å². The molecule has 1 aromatic carbocycles. The van der Waals surface area contributed by atoms with Crippen LogP contribution in [-0.4, -0.2) is 70.9 Å². The number of carboxylic acid groups (broad SMARTS) is 1. The normalized spacial score (nSPS) is 13.9. The monoisotopic (exact) mass is 391 g/mol. The average Bonchev–Trinajstić information content (AvgIpc) is 2.91. The van der Waals surface area contributed by atoms with Crippen molar-refractivity contribution in [2.24, 2.45) is 0 Å². The third-order valence-corrected chi connectivity index (χ3v) is 4.18. The van der Waals surface area contributed by atoms with E-state index in [1.807, 2.05) is 0 Å². The van der Waals surface area contributed by atoms with Gasteiger partial charge in [0.05, 0.1) is 17.7 Å². The van der Waals surface area contributed by atoms with Crippen LogP contribution in [0.1, 0.15) is 40.5 Å². The molecule has 10 heteroatoms. The van der Waals surface area contributed by atoms with Crippen LogP contribution in [0.3, 0.4) is 0 Å². The highest BCUT2D eigenvalue weighted by Crippen LogP contribution is 2.26. The molecule has 150 valence electrons. The number of imide groups is 1. The first-order valence-corrected chi connectivity index (χ1v) is 8.64. The molecule has 0 saturated carbocycles. The third kappa shape index (κ3) is 4.34. The van der Waals surface area contributed by atoms with Gasteiger partial charge in [0.15, 0.2) is 0 Å². The van der Waals surface area contributed by atoms with E-state index >= 15 is 0 Å². The van der Waals surface area contributed by atoms with E-state index in [1.54, 1.807) is 19.1 Å². The van der Waals surface area contributed by atoms with E-state index < -0.39 is 48.7 Å². The van der Waals surface area contributed by atoms with Crippen LogP contribution in [0.15, 0.2) is 24.3 Å². The summed E-state index contributed by atoms with van der Waals surface area (Å²) < 4.78 is 4.81. The van der Waals surface area contributed by atoms with Gasteiger partial charge in [-0.1, -0.05) is 12.1 Å². The lowest BCUT2D eigenvalue weighted by Crippen LogP contribution is -2.55. The molecular formula is C18H21N3O7. The summed E-state index contributed by atoms with van der Waals surface area (Å²) in [6, 6.07) is 4.71. The average molecular weight is 391 g/mol. The maximum absolute atomic E-state index is 13.0. The highest BCUT2D eigenvalue weighted by atomic mass is 16.5. The van der Waals surface area contributed by atoms with E-state index in [0.717, 1.165) is 9.91 Å². The lowest BCUT2D eigenvalue weighted by atomic mass is 10.1. The lowest BCUT2D eigenvalue weighted by molar-refractivity contribution is -0.152. The molecule has 3 amide bonds. The summed E-state index contributed by atoms with van der Waals surface area (Å²) in [5.74, 6) is -4.03. The predicted octanol–water partition coefficient (Wildman–Crippen LogP) is 0.0421. The Balaban J connectivity index is 2.32. The van der Waals surface area contributed by atoms with Crippen LogP contribution >= 0.6 is 0 Å². The maximum Gasteiger partial charge on any atom is 0.327 e. The van der Waals surface area contributed by atoms with Crippen molar-refractivity contribution in [1.29, 1.82) is 0 Å². The molecule has 1 aliphatic rings. The molecule has 1 unspecified atom stereocenters. The number of amides is 3. The molecule has 0 spiro atoms. The van der Waals surface area contributed by atoms with E-state index in [-0.39, 0.29) is 24.2 Å². The number of ether oxygens (including phenoxy) is 1. The van der Waals surface area contributed by atoms with Crippen molar-refractivity contribution < 1.29 is 33.8 Å². The van der Waals surface area contributed by atoms with Crippen molar-refractivity contribution in [2.75, 3.05) is 20.2 Å². The fraction of sp³-hybridized carbons (Fsp3) is 0.389. The molecule has 1 aliphatic heterocycles. The molecule has 0 bridgehead atoms. The van der Waals surface area contributed by atoms with Gasteiger partial charge in [0.2, 0.25) is 0 Å². The number of hydrazine groups is 1. The van der Waals surface area contributed by atoms with E-state index in [4.69, 9.17) is 9.84 Å². The van der Waals surface area contributed by atoms with Crippen molar-refractivity contribution in [2.45, 2.75) is 25.8 Å². The number of carbonyl (C=O) groups is 5. The van der Waals surface area contributed by atoms with Crippen LogP contribution in [0.4, 0.5) is 0 Å².